The van der Waals surface area contributed by atoms with Crippen molar-refractivity contribution in [3.63, 3.8) is 0 Å². The van der Waals surface area contributed by atoms with Gasteiger partial charge in [0.15, 0.2) is 6.10 Å². The van der Waals surface area contributed by atoms with E-state index in [1.807, 2.05) is 44.2 Å². The van der Waals surface area contributed by atoms with Crippen LogP contribution in [0.5, 0.6) is 5.75 Å². The first-order valence-corrected chi connectivity index (χ1v) is 11.2. The summed E-state index contributed by atoms with van der Waals surface area (Å²) in [5.41, 5.74) is 0.596. The lowest BCUT2D eigenvalue weighted by atomic mass is 9.83. The lowest BCUT2D eigenvalue weighted by molar-refractivity contribution is -0.105. The number of carbonyl (C=O) groups excluding carboxylic acids is 1. The van der Waals surface area contributed by atoms with E-state index in [1.165, 1.54) is 12.5 Å². The summed E-state index contributed by atoms with van der Waals surface area (Å²) in [5, 5.41) is 0.821. The number of fused-ring (bicyclic) bond motifs is 3. The summed E-state index contributed by atoms with van der Waals surface area (Å²) >= 11 is 0. The Balaban J connectivity index is 1.66. The Labute approximate surface area is 186 Å². The minimum Gasteiger partial charge on any atom is -0.483 e. The molecule has 0 radical (unpaired) electrons. The van der Waals surface area contributed by atoms with E-state index in [9.17, 15) is 9.59 Å². The van der Waals surface area contributed by atoms with Crippen molar-refractivity contribution in [1.82, 2.24) is 4.90 Å². The number of benzene rings is 2. The molecule has 0 amide bonds. The number of carbonyl (C=O) groups is 1. The molecule has 2 atom stereocenters. The Kier molecular flexibility index (Phi) is 5.25. The van der Waals surface area contributed by atoms with Crippen LogP contribution >= 0.6 is 0 Å². The lowest BCUT2D eigenvalue weighted by Crippen LogP contribution is -2.56. The van der Waals surface area contributed by atoms with E-state index in [2.05, 4.69) is 4.90 Å². The number of likely N-dealkylation sites (tertiary alicyclic amines) is 1. The summed E-state index contributed by atoms with van der Waals surface area (Å²) in [5.74, 6) is 0.277. The van der Waals surface area contributed by atoms with Crippen LogP contribution < -0.4 is 10.4 Å². The fourth-order valence-corrected chi connectivity index (χ4v) is 4.91. The Hall–Kier alpha value is -3.12. The van der Waals surface area contributed by atoms with Crippen molar-refractivity contribution in [3.05, 3.63) is 76.1 Å². The Bertz CT molecular complexity index is 1190. The van der Waals surface area contributed by atoms with Crippen molar-refractivity contribution in [2.45, 2.75) is 50.9 Å². The zero-order valence-corrected chi connectivity index (χ0v) is 18.4. The predicted molar refractivity (Wildman–Crippen MR) is 121 cm³/mol. The van der Waals surface area contributed by atoms with Gasteiger partial charge in [0.25, 0.3) is 0 Å². The fraction of sp³-hybridized carbons (Fsp3) is 0.385. The van der Waals surface area contributed by atoms with Crippen LogP contribution in [-0.2, 0) is 4.74 Å². The molecular weight excluding hydrogens is 406 g/mol. The van der Waals surface area contributed by atoms with Crippen molar-refractivity contribution in [3.8, 4) is 5.75 Å². The molecular formula is C26H27NO5. The number of nitrogens with zero attached hydrogens (tertiary/aromatic N) is 1. The number of hydrogen-bond donors (Lipinski definition) is 0. The van der Waals surface area contributed by atoms with Crippen LogP contribution in [0.25, 0.3) is 11.0 Å². The second-order valence-corrected chi connectivity index (χ2v) is 9.09. The molecule has 0 unspecified atom stereocenters. The third-order valence-corrected chi connectivity index (χ3v) is 6.46. The number of rotatable bonds is 3. The standard InChI is InChI=1S/C26H27NO5/c1-26(2)24(31-25(29)18-9-5-3-6-10-18)22(27-15-7-4-8-16-27)21-19(32-26)13-11-17-12-14-20(28)30-23(17)21/h3,5-6,9-14,22,24H,4,7-8,15-16H2,1-2H3/t22-,24+/m1/s1. The minimum absolute atomic E-state index is 0.282. The van der Waals surface area contributed by atoms with Crippen LogP contribution in [-0.4, -0.2) is 35.7 Å². The summed E-state index contributed by atoms with van der Waals surface area (Å²) < 4.78 is 18.2. The molecule has 2 aliphatic heterocycles. The lowest BCUT2D eigenvalue weighted by Gasteiger charge is -2.48. The molecule has 5 rings (SSSR count). The summed E-state index contributed by atoms with van der Waals surface area (Å²) in [6, 6.07) is 15.7. The molecule has 3 heterocycles. The van der Waals surface area contributed by atoms with Gasteiger partial charge in [-0.1, -0.05) is 24.6 Å². The second kappa shape index (κ2) is 8.10. The third kappa shape index (κ3) is 3.69. The van der Waals surface area contributed by atoms with Gasteiger partial charge in [0, 0.05) is 11.5 Å². The van der Waals surface area contributed by atoms with E-state index < -0.39 is 17.3 Å². The van der Waals surface area contributed by atoms with Gasteiger partial charge in [-0.3, -0.25) is 4.90 Å². The largest absolute Gasteiger partial charge is 0.483 e. The van der Waals surface area contributed by atoms with Gasteiger partial charge in [0.1, 0.15) is 16.9 Å². The summed E-state index contributed by atoms with van der Waals surface area (Å²) in [4.78, 5) is 27.6. The molecule has 2 aromatic carbocycles. The van der Waals surface area contributed by atoms with E-state index in [0.717, 1.165) is 36.9 Å². The first kappa shape index (κ1) is 20.8. The average molecular weight is 434 g/mol. The number of ether oxygens (including phenoxy) is 2. The molecule has 0 spiro atoms. The Morgan fingerprint density at radius 3 is 2.47 bits per heavy atom. The SMILES string of the molecule is CC1(C)Oc2ccc3ccc(=O)oc3c2[C@@H](N2CCCCC2)[C@@H]1OC(=O)c1ccccc1. The predicted octanol–water partition coefficient (Wildman–Crippen LogP) is 4.72. The Morgan fingerprint density at radius 2 is 1.72 bits per heavy atom. The highest BCUT2D eigenvalue weighted by Crippen LogP contribution is 2.48. The van der Waals surface area contributed by atoms with Crippen molar-refractivity contribution in [2.24, 2.45) is 0 Å². The molecule has 32 heavy (non-hydrogen) atoms. The van der Waals surface area contributed by atoms with Gasteiger partial charge >= 0.3 is 11.6 Å². The summed E-state index contributed by atoms with van der Waals surface area (Å²) in [6.45, 7) is 5.66. The molecule has 0 aliphatic carbocycles. The molecule has 0 saturated carbocycles. The molecule has 2 aliphatic rings. The minimum atomic E-state index is -0.775. The molecule has 0 bridgehead atoms. The number of piperidine rings is 1. The van der Waals surface area contributed by atoms with Crippen LogP contribution in [0.4, 0.5) is 0 Å². The summed E-state index contributed by atoms with van der Waals surface area (Å²) in [6.07, 6.45) is 2.73. The number of hydrogen-bond acceptors (Lipinski definition) is 6. The molecule has 6 heteroatoms. The van der Waals surface area contributed by atoms with Crippen molar-refractivity contribution >= 4 is 16.9 Å². The van der Waals surface area contributed by atoms with Gasteiger partial charge in [-0.2, -0.15) is 0 Å². The van der Waals surface area contributed by atoms with Gasteiger partial charge in [-0.15, -0.1) is 0 Å². The van der Waals surface area contributed by atoms with Crippen LogP contribution in [0.3, 0.4) is 0 Å². The first-order valence-electron chi connectivity index (χ1n) is 11.2. The van der Waals surface area contributed by atoms with Crippen LogP contribution in [0.2, 0.25) is 0 Å². The topological polar surface area (TPSA) is 69.0 Å². The van der Waals surface area contributed by atoms with Gasteiger partial charge in [-0.05, 0) is 70.1 Å². The van der Waals surface area contributed by atoms with E-state index in [-0.39, 0.29) is 12.0 Å². The van der Waals surface area contributed by atoms with E-state index >= 15 is 0 Å². The van der Waals surface area contributed by atoms with Crippen LogP contribution in [0, 0.1) is 0 Å². The molecule has 0 N–H and O–H groups in total. The monoisotopic (exact) mass is 433 g/mol. The normalized spacial score (nSPS) is 22.7. The second-order valence-electron chi connectivity index (χ2n) is 9.09. The zero-order chi connectivity index (χ0) is 22.3. The van der Waals surface area contributed by atoms with Crippen molar-refractivity contribution in [1.29, 1.82) is 0 Å². The quantitative estimate of drug-likeness (QED) is 0.440. The third-order valence-electron chi connectivity index (χ3n) is 6.46. The van der Waals surface area contributed by atoms with Gasteiger partial charge < -0.3 is 13.9 Å². The molecule has 3 aromatic rings. The van der Waals surface area contributed by atoms with Gasteiger partial charge in [0.05, 0.1) is 17.2 Å². The summed E-state index contributed by atoms with van der Waals surface area (Å²) in [7, 11) is 0. The Morgan fingerprint density at radius 1 is 1.00 bits per heavy atom. The molecule has 1 fully saturated rings. The molecule has 1 aromatic heterocycles. The van der Waals surface area contributed by atoms with E-state index in [0.29, 0.717) is 16.9 Å². The van der Waals surface area contributed by atoms with Crippen molar-refractivity contribution < 1.29 is 18.7 Å². The highest BCUT2D eigenvalue weighted by molar-refractivity contribution is 5.89. The van der Waals surface area contributed by atoms with Crippen molar-refractivity contribution in [2.75, 3.05) is 13.1 Å². The highest BCUT2D eigenvalue weighted by Gasteiger charge is 2.50. The van der Waals surface area contributed by atoms with E-state index in [1.54, 1.807) is 18.2 Å². The van der Waals surface area contributed by atoms with Gasteiger partial charge in [-0.25, -0.2) is 9.59 Å². The maximum atomic E-state index is 13.1. The first-order chi connectivity index (χ1) is 15.4. The van der Waals surface area contributed by atoms with Gasteiger partial charge in [0.2, 0.25) is 0 Å². The molecule has 1 saturated heterocycles. The average Bonchev–Trinajstić information content (AvgIpc) is 2.80. The molecule has 6 nitrogen and oxygen atoms in total. The highest BCUT2D eigenvalue weighted by atomic mass is 16.6. The smallest absolute Gasteiger partial charge is 0.338 e. The maximum absolute atomic E-state index is 13.1. The zero-order valence-electron chi connectivity index (χ0n) is 18.4. The van der Waals surface area contributed by atoms with E-state index in [4.69, 9.17) is 13.9 Å². The molecule has 166 valence electrons. The fourth-order valence-electron chi connectivity index (χ4n) is 4.91. The maximum Gasteiger partial charge on any atom is 0.338 e. The van der Waals surface area contributed by atoms with Crippen LogP contribution in [0.15, 0.2) is 63.8 Å². The van der Waals surface area contributed by atoms with Crippen LogP contribution in [0.1, 0.15) is 55.1 Å². The number of esters is 1.